The van der Waals surface area contributed by atoms with Crippen molar-refractivity contribution >= 4 is 17.7 Å². The van der Waals surface area contributed by atoms with Crippen molar-refractivity contribution in [1.82, 2.24) is 25.3 Å². The van der Waals surface area contributed by atoms with E-state index in [2.05, 4.69) is 27.9 Å². The van der Waals surface area contributed by atoms with E-state index in [0.29, 0.717) is 18.8 Å². The number of hydrogen-bond acceptors (Lipinski definition) is 4. The highest BCUT2D eigenvalue weighted by atomic mass is 16.2. The number of benzene rings is 1. The molecule has 33 heavy (non-hydrogen) atoms. The molecule has 8 nitrogen and oxygen atoms in total. The average Bonchev–Trinajstić information content (AvgIpc) is 3.47. The number of aryl methyl sites for hydroxylation is 1. The zero-order valence-corrected chi connectivity index (χ0v) is 19.5. The third-order valence-corrected chi connectivity index (χ3v) is 6.80. The Bertz CT molecular complexity index is 1010. The first-order chi connectivity index (χ1) is 15.9. The summed E-state index contributed by atoms with van der Waals surface area (Å²) >= 11 is 0. The molecule has 1 aromatic heterocycles. The molecule has 176 valence electrons. The number of hydrogen-bond donors (Lipinski definition) is 2. The Morgan fingerprint density at radius 1 is 1.18 bits per heavy atom. The van der Waals surface area contributed by atoms with Gasteiger partial charge in [0.2, 0.25) is 5.91 Å². The Kier molecular flexibility index (Phi) is 6.81. The highest BCUT2D eigenvalue weighted by Gasteiger charge is 2.48. The molecular weight excluding hydrogens is 418 g/mol. The second-order valence-electron chi connectivity index (χ2n) is 9.20. The van der Waals surface area contributed by atoms with Crippen LogP contribution in [0.1, 0.15) is 72.5 Å². The monoisotopic (exact) mass is 451 g/mol. The predicted molar refractivity (Wildman–Crippen MR) is 125 cm³/mol. The van der Waals surface area contributed by atoms with Gasteiger partial charge >= 0.3 is 0 Å². The number of nitrogens with one attached hydrogen (secondary N) is 2. The molecular formula is C25H33N5O3. The Hall–Kier alpha value is -3.16. The van der Waals surface area contributed by atoms with Crippen molar-refractivity contribution in [3.05, 3.63) is 53.3 Å². The maximum absolute atomic E-state index is 13.2. The van der Waals surface area contributed by atoms with E-state index in [1.54, 1.807) is 11.8 Å². The number of aromatic nitrogens is 2. The van der Waals surface area contributed by atoms with Crippen LogP contribution in [0.25, 0.3) is 0 Å². The lowest BCUT2D eigenvalue weighted by Crippen LogP contribution is -2.64. The van der Waals surface area contributed by atoms with Gasteiger partial charge in [-0.2, -0.15) is 5.10 Å². The third-order valence-electron chi connectivity index (χ3n) is 6.80. The maximum atomic E-state index is 13.2. The molecule has 0 bridgehead atoms. The Labute approximate surface area is 194 Å². The highest BCUT2D eigenvalue weighted by Crippen LogP contribution is 2.28. The van der Waals surface area contributed by atoms with Gasteiger partial charge in [0.1, 0.15) is 11.2 Å². The Balaban J connectivity index is 1.42. The van der Waals surface area contributed by atoms with Crippen LogP contribution in [0.5, 0.6) is 0 Å². The summed E-state index contributed by atoms with van der Waals surface area (Å²) in [5.74, 6) is -0.737. The molecule has 1 fully saturated rings. The van der Waals surface area contributed by atoms with Gasteiger partial charge in [-0.15, -0.1) is 0 Å². The van der Waals surface area contributed by atoms with Crippen LogP contribution in [-0.2, 0) is 17.8 Å². The second-order valence-corrected chi connectivity index (χ2v) is 9.20. The van der Waals surface area contributed by atoms with E-state index >= 15 is 0 Å². The number of carbonyl (C=O) groups is 3. The minimum absolute atomic E-state index is 0.155. The molecule has 3 amide bonds. The van der Waals surface area contributed by atoms with E-state index in [9.17, 15) is 14.4 Å². The van der Waals surface area contributed by atoms with Crippen molar-refractivity contribution in [2.75, 3.05) is 13.1 Å². The fourth-order valence-electron chi connectivity index (χ4n) is 4.89. The number of rotatable bonds is 8. The summed E-state index contributed by atoms with van der Waals surface area (Å²) in [5.41, 5.74) is 0.730. The van der Waals surface area contributed by atoms with E-state index in [1.165, 1.54) is 16.3 Å². The fourth-order valence-corrected chi connectivity index (χ4v) is 4.89. The quantitative estimate of drug-likeness (QED) is 0.603. The molecule has 1 atom stereocenters. The molecule has 0 radical (unpaired) electrons. The summed E-state index contributed by atoms with van der Waals surface area (Å²) < 4.78 is 1.52. The minimum atomic E-state index is -1.04. The van der Waals surface area contributed by atoms with Crippen LogP contribution in [0.2, 0.25) is 0 Å². The summed E-state index contributed by atoms with van der Waals surface area (Å²) in [6.07, 6.45) is 5.87. The molecule has 4 rings (SSSR count). The Morgan fingerprint density at radius 2 is 1.91 bits per heavy atom. The molecule has 2 aliphatic rings. The maximum Gasteiger partial charge on any atom is 0.273 e. The normalized spacial score (nSPS) is 20.5. The van der Waals surface area contributed by atoms with Gasteiger partial charge in [-0.25, -0.2) is 0 Å². The number of carbonyl (C=O) groups excluding carboxylic acids is 3. The largest absolute Gasteiger partial charge is 0.351 e. The molecule has 2 N–H and O–H groups in total. The first kappa shape index (κ1) is 23.0. The van der Waals surface area contributed by atoms with Crippen LogP contribution in [0.15, 0.2) is 36.4 Å². The molecule has 8 heteroatoms. The van der Waals surface area contributed by atoms with Crippen LogP contribution in [-0.4, -0.2) is 57.1 Å². The van der Waals surface area contributed by atoms with Gasteiger partial charge in [0.05, 0.1) is 6.54 Å². The van der Waals surface area contributed by atoms with Crippen molar-refractivity contribution in [2.24, 2.45) is 0 Å². The van der Waals surface area contributed by atoms with Crippen LogP contribution in [0, 0.1) is 0 Å². The van der Waals surface area contributed by atoms with Crippen LogP contribution in [0.4, 0.5) is 0 Å². The van der Waals surface area contributed by atoms with E-state index in [0.717, 1.165) is 38.5 Å². The number of fused-ring (bicyclic) bond motifs is 1. The summed E-state index contributed by atoms with van der Waals surface area (Å²) in [7, 11) is 0. The summed E-state index contributed by atoms with van der Waals surface area (Å²) in [6.45, 7) is 4.80. The van der Waals surface area contributed by atoms with E-state index < -0.39 is 5.54 Å². The van der Waals surface area contributed by atoms with Crippen LogP contribution >= 0.6 is 0 Å². The molecule has 1 aromatic carbocycles. The van der Waals surface area contributed by atoms with Crippen molar-refractivity contribution in [2.45, 2.75) is 70.5 Å². The molecule has 0 spiro atoms. The SMILES string of the molecule is CCN1C(=O)c2cc(C(=O)NCCCc3ccccc3)nn2C[C@@]1(C)C(=O)NC1CCCC1. The number of nitrogens with zero attached hydrogens (tertiary/aromatic N) is 3. The van der Waals surface area contributed by atoms with E-state index in [-0.39, 0.29) is 36.0 Å². The fraction of sp³-hybridized carbons (Fsp3) is 0.520. The average molecular weight is 452 g/mol. The van der Waals surface area contributed by atoms with Crippen molar-refractivity contribution in [1.29, 1.82) is 0 Å². The summed E-state index contributed by atoms with van der Waals surface area (Å²) in [5, 5.41) is 10.4. The smallest absolute Gasteiger partial charge is 0.273 e. The first-order valence-corrected chi connectivity index (χ1v) is 12.0. The topological polar surface area (TPSA) is 96.3 Å². The lowest BCUT2D eigenvalue weighted by Gasteiger charge is -2.43. The lowest BCUT2D eigenvalue weighted by molar-refractivity contribution is -0.133. The van der Waals surface area contributed by atoms with Crippen molar-refractivity contribution in [3.63, 3.8) is 0 Å². The van der Waals surface area contributed by atoms with Gasteiger partial charge in [-0.05, 0) is 45.1 Å². The molecule has 1 saturated carbocycles. The third kappa shape index (κ3) is 4.79. The van der Waals surface area contributed by atoms with E-state index in [1.807, 2.05) is 25.1 Å². The molecule has 1 aliphatic heterocycles. The lowest BCUT2D eigenvalue weighted by atomic mass is 9.94. The minimum Gasteiger partial charge on any atom is -0.351 e. The predicted octanol–water partition coefficient (Wildman–Crippen LogP) is 2.54. The van der Waals surface area contributed by atoms with Gasteiger partial charge in [0.25, 0.3) is 11.8 Å². The van der Waals surface area contributed by atoms with Crippen molar-refractivity contribution in [3.8, 4) is 0 Å². The number of likely N-dealkylation sites (N-methyl/N-ethyl adjacent to an activating group) is 1. The number of amides is 3. The first-order valence-electron chi connectivity index (χ1n) is 12.0. The van der Waals surface area contributed by atoms with Crippen LogP contribution in [0.3, 0.4) is 0 Å². The highest BCUT2D eigenvalue weighted by molar-refractivity contribution is 6.01. The molecule has 1 aliphatic carbocycles. The van der Waals surface area contributed by atoms with Crippen molar-refractivity contribution < 1.29 is 14.4 Å². The van der Waals surface area contributed by atoms with Crippen LogP contribution < -0.4 is 10.6 Å². The summed E-state index contributed by atoms with van der Waals surface area (Å²) in [4.78, 5) is 40.7. The second kappa shape index (κ2) is 9.77. The molecule has 0 unspecified atom stereocenters. The zero-order valence-electron chi connectivity index (χ0n) is 19.5. The zero-order chi connectivity index (χ0) is 23.4. The Morgan fingerprint density at radius 3 is 2.61 bits per heavy atom. The van der Waals surface area contributed by atoms with Gasteiger partial charge in [-0.1, -0.05) is 43.2 Å². The van der Waals surface area contributed by atoms with Gasteiger partial charge < -0.3 is 15.5 Å². The molecule has 0 saturated heterocycles. The molecule has 2 heterocycles. The van der Waals surface area contributed by atoms with Gasteiger partial charge in [-0.3, -0.25) is 19.1 Å². The van der Waals surface area contributed by atoms with Gasteiger partial charge in [0.15, 0.2) is 5.69 Å². The summed E-state index contributed by atoms with van der Waals surface area (Å²) in [6, 6.07) is 11.8. The standard InChI is InChI=1S/C25H33N5O3/c1-3-29-23(32)21-16-20(22(31)26-15-9-12-18-10-5-4-6-11-18)28-30(21)17-25(29,2)24(33)27-19-13-7-8-14-19/h4-6,10-11,16,19H,3,7-9,12-15,17H2,1-2H3,(H,26,31)(H,27,33)/t25-/m0/s1. The van der Waals surface area contributed by atoms with E-state index in [4.69, 9.17) is 0 Å². The molecule has 2 aromatic rings. The van der Waals surface area contributed by atoms with Gasteiger partial charge in [0, 0.05) is 25.2 Å².